The lowest BCUT2D eigenvalue weighted by atomic mass is 10.2. The minimum atomic E-state index is -0.566. The molecule has 2 aliphatic rings. The first-order valence-corrected chi connectivity index (χ1v) is 4.07. The number of hydrogen-bond donors (Lipinski definition) is 0. The molecule has 1 unspecified atom stereocenters. The number of rotatable bonds is 1. The van der Waals surface area contributed by atoms with Crippen LogP contribution >= 0.6 is 0 Å². The van der Waals surface area contributed by atoms with Crippen LogP contribution in [0.15, 0.2) is 0 Å². The molecule has 2 heterocycles. The van der Waals surface area contributed by atoms with Crippen molar-refractivity contribution in [3.8, 4) is 0 Å². The van der Waals surface area contributed by atoms with E-state index < -0.39 is 5.79 Å². The van der Waals surface area contributed by atoms with Crippen LogP contribution in [0.4, 0.5) is 0 Å². The van der Waals surface area contributed by atoms with E-state index in [0.29, 0.717) is 6.42 Å². The van der Waals surface area contributed by atoms with E-state index in [9.17, 15) is 4.79 Å². The first-order valence-electron chi connectivity index (χ1n) is 4.07. The third-order valence-corrected chi connectivity index (χ3v) is 2.06. The maximum Gasteiger partial charge on any atom is 0.188 e. The fourth-order valence-electron chi connectivity index (χ4n) is 1.62. The molecule has 2 aliphatic heterocycles. The Morgan fingerprint density at radius 1 is 1.42 bits per heavy atom. The van der Waals surface area contributed by atoms with Crippen molar-refractivity contribution in [1.82, 2.24) is 0 Å². The van der Waals surface area contributed by atoms with Gasteiger partial charge in [-0.15, -0.1) is 0 Å². The fourth-order valence-corrected chi connectivity index (χ4v) is 1.62. The van der Waals surface area contributed by atoms with E-state index in [-0.39, 0.29) is 18.5 Å². The van der Waals surface area contributed by atoms with Crippen molar-refractivity contribution in [1.29, 1.82) is 0 Å². The Morgan fingerprint density at radius 2 is 2.17 bits per heavy atom. The van der Waals surface area contributed by atoms with Gasteiger partial charge in [-0.1, -0.05) is 0 Å². The van der Waals surface area contributed by atoms with Gasteiger partial charge in [0.1, 0.15) is 18.5 Å². The van der Waals surface area contributed by atoms with E-state index in [2.05, 4.69) is 0 Å². The Balaban J connectivity index is 2.02. The molecule has 0 aromatic carbocycles. The van der Waals surface area contributed by atoms with Crippen molar-refractivity contribution in [2.45, 2.75) is 44.6 Å². The molecule has 0 bridgehead atoms. The first-order chi connectivity index (χ1) is 5.61. The largest absolute Gasteiger partial charge is 0.342 e. The minimum Gasteiger partial charge on any atom is -0.342 e. The van der Waals surface area contributed by atoms with Crippen molar-refractivity contribution < 1.29 is 19.0 Å². The molecule has 2 fully saturated rings. The summed E-state index contributed by atoms with van der Waals surface area (Å²) in [5.41, 5.74) is 0. The predicted octanol–water partition coefficient (Wildman–Crippen LogP) is 0.452. The van der Waals surface area contributed by atoms with Gasteiger partial charge in [0.05, 0.1) is 0 Å². The Morgan fingerprint density at radius 3 is 2.75 bits per heavy atom. The van der Waals surface area contributed by atoms with Crippen LogP contribution < -0.4 is 0 Å². The number of aldehydes is 1. The molecule has 0 saturated carbocycles. The molecule has 68 valence electrons. The quantitative estimate of drug-likeness (QED) is 0.539. The number of fused-ring (bicyclic) bond motifs is 1. The molecule has 12 heavy (non-hydrogen) atoms. The molecule has 4 heteroatoms. The highest BCUT2D eigenvalue weighted by atomic mass is 16.8. The Kier molecular flexibility index (Phi) is 1.71. The monoisotopic (exact) mass is 172 g/mol. The van der Waals surface area contributed by atoms with Gasteiger partial charge in [-0.05, 0) is 13.8 Å². The van der Waals surface area contributed by atoms with Gasteiger partial charge in [-0.2, -0.15) is 0 Å². The SMILES string of the molecule is CC1(C)OC2C[C@@H](C=O)O[C@@H]2O1. The Labute approximate surface area is 70.8 Å². The molecular weight excluding hydrogens is 160 g/mol. The zero-order chi connectivity index (χ0) is 8.77. The van der Waals surface area contributed by atoms with Crippen LogP contribution in [-0.2, 0) is 19.0 Å². The minimum absolute atomic E-state index is 0.0739. The van der Waals surface area contributed by atoms with E-state index in [1.165, 1.54) is 0 Å². The molecule has 0 amide bonds. The van der Waals surface area contributed by atoms with Gasteiger partial charge >= 0.3 is 0 Å². The summed E-state index contributed by atoms with van der Waals surface area (Å²) >= 11 is 0. The lowest BCUT2D eigenvalue weighted by molar-refractivity contribution is -0.202. The Hall–Kier alpha value is -0.450. The lowest BCUT2D eigenvalue weighted by Gasteiger charge is -2.18. The molecular formula is C8H12O4. The standard InChI is InChI=1S/C8H12O4/c1-8(2)11-6-3-5(4-9)10-7(6)12-8/h4-7H,3H2,1-2H3/t5-,6?,7+/m0/s1. The predicted molar refractivity (Wildman–Crippen MR) is 39.4 cm³/mol. The second-order valence-electron chi connectivity index (χ2n) is 3.59. The summed E-state index contributed by atoms with van der Waals surface area (Å²) in [6.45, 7) is 3.68. The summed E-state index contributed by atoms with van der Waals surface area (Å²) in [5.74, 6) is -0.566. The zero-order valence-corrected chi connectivity index (χ0v) is 7.15. The molecule has 0 aromatic rings. The van der Waals surface area contributed by atoms with E-state index in [1.54, 1.807) is 0 Å². The highest BCUT2D eigenvalue weighted by Crippen LogP contribution is 2.36. The first kappa shape index (κ1) is 8.16. The summed E-state index contributed by atoms with van der Waals surface area (Å²) in [7, 11) is 0. The summed E-state index contributed by atoms with van der Waals surface area (Å²) in [5, 5.41) is 0. The van der Waals surface area contributed by atoms with Gasteiger partial charge < -0.3 is 19.0 Å². The third kappa shape index (κ3) is 1.26. The number of hydrogen-bond acceptors (Lipinski definition) is 4. The molecule has 3 atom stereocenters. The average molecular weight is 172 g/mol. The van der Waals surface area contributed by atoms with E-state index in [0.717, 1.165) is 6.29 Å². The Bertz CT molecular complexity index is 185. The highest BCUT2D eigenvalue weighted by Gasteiger charge is 2.48. The second-order valence-corrected chi connectivity index (χ2v) is 3.59. The smallest absolute Gasteiger partial charge is 0.188 e. The molecule has 2 rings (SSSR count). The van der Waals surface area contributed by atoms with Gasteiger partial charge in [-0.25, -0.2) is 0 Å². The molecule has 0 spiro atoms. The average Bonchev–Trinajstić information content (AvgIpc) is 2.40. The van der Waals surface area contributed by atoms with E-state index in [4.69, 9.17) is 14.2 Å². The molecule has 0 N–H and O–H groups in total. The van der Waals surface area contributed by atoms with Crippen LogP contribution in [0.5, 0.6) is 0 Å². The lowest BCUT2D eigenvalue weighted by Crippen LogP contribution is -2.25. The summed E-state index contributed by atoms with van der Waals surface area (Å²) in [6, 6.07) is 0. The number of carbonyl (C=O) groups excluding carboxylic acids is 1. The summed E-state index contributed by atoms with van der Waals surface area (Å²) < 4.78 is 16.2. The van der Waals surface area contributed by atoms with Crippen molar-refractivity contribution >= 4 is 6.29 Å². The van der Waals surface area contributed by atoms with Gasteiger partial charge in [0, 0.05) is 6.42 Å². The maximum atomic E-state index is 10.4. The normalized spacial score (nSPS) is 44.3. The topological polar surface area (TPSA) is 44.8 Å². The van der Waals surface area contributed by atoms with E-state index in [1.807, 2.05) is 13.8 Å². The van der Waals surface area contributed by atoms with Gasteiger partial charge in [-0.3, -0.25) is 0 Å². The highest BCUT2D eigenvalue weighted by molar-refractivity contribution is 5.56. The van der Waals surface area contributed by atoms with Crippen molar-refractivity contribution in [3.63, 3.8) is 0 Å². The fraction of sp³-hybridized carbons (Fsp3) is 0.875. The second kappa shape index (κ2) is 2.52. The van der Waals surface area contributed by atoms with Crippen molar-refractivity contribution in [3.05, 3.63) is 0 Å². The van der Waals surface area contributed by atoms with Crippen LogP contribution in [-0.4, -0.2) is 30.6 Å². The van der Waals surface area contributed by atoms with E-state index >= 15 is 0 Å². The van der Waals surface area contributed by atoms with Crippen LogP contribution in [0.3, 0.4) is 0 Å². The zero-order valence-electron chi connectivity index (χ0n) is 7.15. The van der Waals surface area contributed by atoms with Crippen molar-refractivity contribution in [2.75, 3.05) is 0 Å². The van der Waals surface area contributed by atoms with Crippen molar-refractivity contribution in [2.24, 2.45) is 0 Å². The number of ether oxygens (including phenoxy) is 3. The van der Waals surface area contributed by atoms with Crippen LogP contribution in [0.2, 0.25) is 0 Å². The molecule has 0 radical (unpaired) electrons. The van der Waals surface area contributed by atoms with Gasteiger partial charge in [0.2, 0.25) is 0 Å². The van der Waals surface area contributed by atoms with Gasteiger partial charge in [0.25, 0.3) is 0 Å². The molecule has 2 saturated heterocycles. The summed E-state index contributed by atoms with van der Waals surface area (Å²) in [6.07, 6.45) is 0.622. The summed E-state index contributed by atoms with van der Waals surface area (Å²) in [4.78, 5) is 10.4. The maximum absolute atomic E-state index is 10.4. The molecule has 4 nitrogen and oxygen atoms in total. The van der Waals surface area contributed by atoms with Crippen LogP contribution in [0, 0.1) is 0 Å². The molecule has 0 aromatic heterocycles. The van der Waals surface area contributed by atoms with Crippen LogP contribution in [0.1, 0.15) is 20.3 Å². The van der Waals surface area contributed by atoms with Gasteiger partial charge in [0.15, 0.2) is 12.1 Å². The third-order valence-electron chi connectivity index (χ3n) is 2.06. The van der Waals surface area contributed by atoms with Crippen LogP contribution in [0.25, 0.3) is 0 Å². The number of carbonyl (C=O) groups is 1. The molecule has 0 aliphatic carbocycles.